The molecule has 4 aromatic rings. The minimum Gasteiger partial charge on any atom is -0.241 e. The van der Waals surface area contributed by atoms with Gasteiger partial charge in [0, 0.05) is 16.5 Å². The van der Waals surface area contributed by atoms with Gasteiger partial charge in [-0.25, -0.2) is 14.4 Å². The Morgan fingerprint density at radius 1 is 0.880 bits per heavy atom. The molecule has 0 atom stereocenters. The average Bonchev–Trinajstić information content (AvgIpc) is 3.22. The maximum absolute atomic E-state index is 13.1. The van der Waals surface area contributed by atoms with Crippen LogP contribution in [0.2, 0.25) is 0 Å². The highest BCUT2D eigenvalue weighted by Gasteiger charge is 2.15. The Balaban J connectivity index is 1.70. The molecule has 4 rings (SSSR count). The number of thiazole rings is 2. The monoisotopic (exact) mass is 366 g/mol. The molecule has 0 aliphatic heterocycles. The van der Waals surface area contributed by atoms with Crippen LogP contribution >= 0.6 is 22.7 Å². The van der Waals surface area contributed by atoms with Crippen LogP contribution in [0.15, 0.2) is 53.9 Å². The van der Waals surface area contributed by atoms with Crippen LogP contribution in [0.1, 0.15) is 11.3 Å². The van der Waals surface area contributed by atoms with E-state index < -0.39 is 0 Å². The van der Waals surface area contributed by atoms with E-state index in [1.54, 1.807) is 34.8 Å². The van der Waals surface area contributed by atoms with Crippen LogP contribution in [0, 0.1) is 19.7 Å². The zero-order valence-electron chi connectivity index (χ0n) is 13.8. The Morgan fingerprint density at radius 2 is 1.68 bits per heavy atom. The summed E-state index contributed by atoms with van der Waals surface area (Å²) in [5.41, 5.74) is 5.13. The third-order valence-corrected chi connectivity index (χ3v) is 6.10. The number of hydrogen-bond donors (Lipinski definition) is 0. The van der Waals surface area contributed by atoms with E-state index in [4.69, 9.17) is 9.97 Å². The molecule has 2 heterocycles. The van der Waals surface area contributed by atoms with E-state index in [9.17, 15) is 4.39 Å². The minimum atomic E-state index is -0.236. The van der Waals surface area contributed by atoms with E-state index in [0.717, 1.165) is 37.4 Å². The molecule has 0 saturated carbocycles. The molecule has 25 heavy (non-hydrogen) atoms. The summed E-state index contributed by atoms with van der Waals surface area (Å²) in [7, 11) is 0. The fourth-order valence-electron chi connectivity index (χ4n) is 2.63. The molecule has 5 heteroatoms. The molecule has 2 aromatic heterocycles. The molecule has 0 saturated heterocycles. The molecule has 2 nitrogen and oxygen atoms in total. The highest BCUT2D eigenvalue weighted by molar-refractivity contribution is 7.23. The number of nitrogens with zero attached hydrogens (tertiary/aromatic N) is 2. The van der Waals surface area contributed by atoms with E-state index in [1.807, 2.05) is 12.3 Å². The summed E-state index contributed by atoms with van der Waals surface area (Å²) >= 11 is 3.26. The van der Waals surface area contributed by atoms with E-state index in [1.165, 1.54) is 17.7 Å². The van der Waals surface area contributed by atoms with E-state index in [2.05, 4.69) is 31.2 Å². The molecule has 0 aliphatic rings. The van der Waals surface area contributed by atoms with Gasteiger partial charge in [0.05, 0.1) is 16.3 Å². The number of hydrogen-bond acceptors (Lipinski definition) is 4. The Morgan fingerprint density at radius 3 is 2.44 bits per heavy atom. The van der Waals surface area contributed by atoms with Crippen LogP contribution in [0.5, 0.6) is 0 Å². The minimum absolute atomic E-state index is 0.236. The van der Waals surface area contributed by atoms with Crippen LogP contribution in [-0.2, 0) is 0 Å². The SMILES string of the molecule is Cc1cccc(-c2nc(C)c(-c3nc(-c4ccc(F)cc4)cs3)s2)c1. The zero-order valence-corrected chi connectivity index (χ0v) is 15.4. The van der Waals surface area contributed by atoms with Gasteiger partial charge in [-0.15, -0.1) is 22.7 Å². The number of halogens is 1. The molecule has 0 unspecified atom stereocenters. The standard InChI is InChI=1S/C20H15FN2S2/c1-12-4-3-5-15(10-12)19-22-13(2)18(25-19)20-23-17(11-24-20)14-6-8-16(21)9-7-14/h3-11H,1-2H3. The van der Waals surface area contributed by atoms with E-state index >= 15 is 0 Å². The van der Waals surface area contributed by atoms with Gasteiger partial charge in [0.25, 0.3) is 0 Å². The number of benzene rings is 2. The molecular formula is C20H15FN2S2. The predicted octanol–water partition coefficient (Wildman–Crippen LogP) is 6.36. The van der Waals surface area contributed by atoms with Gasteiger partial charge >= 0.3 is 0 Å². The van der Waals surface area contributed by atoms with Crippen molar-refractivity contribution in [2.45, 2.75) is 13.8 Å². The van der Waals surface area contributed by atoms with Crippen LogP contribution in [0.3, 0.4) is 0 Å². The molecule has 0 bridgehead atoms. The van der Waals surface area contributed by atoms with Gasteiger partial charge in [0.1, 0.15) is 15.8 Å². The fourth-order valence-corrected chi connectivity index (χ4v) is 4.66. The Hall–Kier alpha value is -2.37. The Kier molecular flexibility index (Phi) is 4.19. The lowest BCUT2D eigenvalue weighted by Crippen LogP contribution is -1.81. The highest BCUT2D eigenvalue weighted by atomic mass is 32.1. The van der Waals surface area contributed by atoms with Gasteiger partial charge in [-0.3, -0.25) is 0 Å². The second-order valence-corrected chi connectivity index (χ2v) is 7.70. The van der Waals surface area contributed by atoms with Gasteiger partial charge in [0.2, 0.25) is 0 Å². The average molecular weight is 366 g/mol. The highest BCUT2D eigenvalue weighted by Crippen LogP contribution is 2.38. The third-order valence-electron chi connectivity index (χ3n) is 3.90. The summed E-state index contributed by atoms with van der Waals surface area (Å²) in [6.07, 6.45) is 0. The summed E-state index contributed by atoms with van der Waals surface area (Å²) < 4.78 is 13.1. The molecule has 0 aliphatic carbocycles. The quantitative estimate of drug-likeness (QED) is 0.422. The number of aryl methyl sites for hydroxylation is 2. The van der Waals surface area contributed by atoms with Crippen LogP contribution < -0.4 is 0 Å². The molecule has 0 N–H and O–H groups in total. The third kappa shape index (κ3) is 3.25. The summed E-state index contributed by atoms with van der Waals surface area (Å²) in [6, 6.07) is 14.8. The Bertz CT molecular complexity index is 1030. The van der Waals surface area contributed by atoms with E-state index in [0.29, 0.717) is 0 Å². The summed E-state index contributed by atoms with van der Waals surface area (Å²) in [4.78, 5) is 10.6. The first-order valence-corrected chi connectivity index (χ1v) is 9.56. The van der Waals surface area contributed by atoms with Crippen molar-refractivity contribution in [3.63, 3.8) is 0 Å². The van der Waals surface area contributed by atoms with Crippen molar-refractivity contribution in [2.75, 3.05) is 0 Å². The van der Waals surface area contributed by atoms with Crippen LogP contribution in [0.4, 0.5) is 4.39 Å². The summed E-state index contributed by atoms with van der Waals surface area (Å²) in [5.74, 6) is -0.236. The predicted molar refractivity (Wildman–Crippen MR) is 104 cm³/mol. The molecule has 0 spiro atoms. The lowest BCUT2D eigenvalue weighted by Gasteiger charge is -1.97. The smallest absolute Gasteiger partial charge is 0.135 e. The van der Waals surface area contributed by atoms with Crippen LogP contribution in [0.25, 0.3) is 31.7 Å². The van der Waals surface area contributed by atoms with Crippen molar-refractivity contribution < 1.29 is 4.39 Å². The lowest BCUT2D eigenvalue weighted by atomic mass is 10.1. The summed E-state index contributed by atoms with van der Waals surface area (Å²) in [5, 5.41) is 3.97. The first-order chi connectivity index (χ1) is 12.1. The molecule has 0 amide bonds. The van der Waals surface area contributed by atoms with Crippen molar-refractivity contribution in [3.8, 4) is 31.7 Å². The van der Waals surface area contributed by atoms with Crippen molar-refractivity contribution in [3.05, 3.63) is 71.0 Å². The topological polar surface area (TPSA) is 25.8 Å². The second kappa shape index (κ2) is 6.50. The van der Waals surface area contributed by atoms with Gasteiger partial charge < -0.3 is 0 Å². The number of rotatable bonds is 3. The van der Waals surface area contributed by atoms with Gasteiger partial charge in [-0.1, -0.05) is 23.8 Å². The fraction of sp³-hybridized carbons (Fsp3) is 0.100. The van der Waals surface area contributed by atoms with Crippen LogP contribution in [-0.4, -0.2) is 9.97 Å². The van der Waals surface area contributed by atoms with Crippen molar-refractivity contribution in [1.82, 2.24) is 9.97 Å². The van der Waals surface area contributed by atoms with Gasteiger partial charge in [-0.05, 0) is 44.2 Å². The lowest BCUT2D eigenvalue weighted by molar-refractivity contribution is 0.628. The maximum Gasteiger partial charge on any atom is 0.135 e. The normalized spacial score (nSPS) is 11.0. The molecule has 2 aromatic carbocycles. The van der Waals surface area contributed by atoms with E-state index in [-0.39, 0.29) is 5.82 Å². The summed E-state index contributed by atoms with van der Waals surface area (Å²) in [6.45, 7) is 4.10. The Labute approximate surface area is 153 Å². The molecule has 124 valence electrons. The first-order valence-electron chi connectivity index (χ1n) is 7.86. The molecule has 0 radical (unpaired) electrons. The molecular weight excluding hydrogens is 351 g/mol. The number of aromatic nitrogens is 2. The zero-order chi connectivity index (χ0) is 17.4. The largest absolute Gasteiger partial charge is 0.241 e. The van der Waals surface area contributed by atoms with Gasteiger partial charge in [0.15, 0.2) is 0 Å². The van der Waals surface area contributed by atoms with Crippen molar-refractivity contribution >= 4 is 22.7 Å². The maximum atomic E-state index is 13.1. The molecule has 0 fully saturated rings. The second-order valence-electron chi connectivity index (χ2n) is 5.85. The van der Waals surface area contributed by atoms with Crippen molar-refractivity contribution in [1.29, 1.82) is 0 Å². The van der Waals surface area contributed by atoms with Crippen molar-refractivity contribution in [2.24, 2.45) is 0 Å². The first kappa shape index (κ1) is 16.1. The van der Waals surface area contributed by atoms with Gasteiger partial charge in [-0.2, -0.15) is 0 Å².